The number of hydrogen-bond donors (Lipinski definition) is 1. The third-order valence-corrected chi connectivity index (χ3v) is 4.89. The standard InChI is InChI=1S/C12H9NOS2/c1-13-7-2-3-9-10(4-7)16-11-5-8(6-14)15-12(9)11/h2-6,13H,1H3. The zero-order chi connectivity index (χ0) is 11.1. The Morgan fingerprint density at radius 2 is 2.06 bits per heavy atom. The summed E-state index contributed by atoms with van der Waals surface area (Å²) in [4.78, 5) is 11.5. The van der Waals surface area contributed by atoms with E-state index in [9.17, 15) is 4.79 Å². The summed E-state index contributed by atoms with van der Waals surface area (Å²) in [6.45, 7) is 0. The van der Waals surface area contributed by atoms with Gasteiger partial charge >= 0.3 is 0 Å². The van der Waals surface area contributed by atoms with Crippen LogP contribution in [0.15, 0.2) is 24.3 Å². The molecular formula is C12H9NOS2. The van der Waals surface area contributed by atoms with E-state index in [0.29, 0.717) is 0 Å². The number of carbonyl (C=O) groups is 1. The molecular weight excluding hydrogens is 238 g/mol. The molecule has 80 valence electrons. The van der Waals surface area contributed by atoms with Gasteiger partial charge in [-0.15, -0.1) is 22.7 Å². The van der Waals surface area contributed by atoms with Gasteiger partial charge < -0.3 is 5.32 Å². The van der Waals surface area contributed by atoms with Gasteiger partial charge in [0.1, 0.15) is 0 Å². The van der Waals surface area contributed by atoms with Crippen LogP contribution in [0.2, 0.25) is 0 Å². The highest BCUT2D eigenvalue weighted by Crippen LogP contribution is 2.39. The van der Waals surface area contributed by atoms with Gasteiger partial charge in [0.2, 0.25) is 0 Å². The van der Waals surface area contributed by atoms with E-state index in [2.05, 4.69) is 23.5 Å². The van der Waals surface area contributed by atoms with Crippen molar-refractivity contribution in [3.8, 4) is 0 Å². The molecule has 2 nitrogen and oxygen atoms in total. The SMILES string of the molecule is CNc1ccc2c(c1)sc1cc(C=O)sc12. The van der Waals surface area contributed by atoms with Crippen molar-refractivity contribution in [3.63, 3.8) is 0 Å². The molecule has 0 aliphatic rings. The van der Waals surface area contributed by atoms with Crippen molar-refractivity contribution in [2.75, 3.05) is 12.4 Å². The van der Waals surface area contributed by atoms with Gasteiger partial charge in [0.15, 0.2) is 6.29 Å². The zero-order valence-corrected chi connectivity index (χ0v) is 10.2. The molecule has 0 saturated carbocycles. The molecule has 0 aliphatic heterocycles. The Kier molecular flexibility index (Phi) is 2.19. The smallest absolute Gasteiger partial charge is 0.160 e. The number of benzene rings is 1. The summed E-state index contributed by atoms with van der Waals surface area (Å²) in [5.41, 5.74) is 1.12. The molecule has 0 fully saturated rings. The van der Waals surface area contributed by atoms with E-state index in [4.69, 9.17) is 0 Å². The molecule has 0 aliphatic carbocycles. The molecule has 0 spiro atoms. The molecule has 16 heavy (non-hydrogen) atoms. The first kappa shape index (κ1) is 9.81. The lowest BCUT2D eigenvalue weighted by atomic mass is 10.2. The van der Waals surface area contributed by atoms with Gasteiger partial charge in [-0.05, 0) is 18.2 Å². The Balaban J connectivity index is 2.35. The number of hydrogen-bond acceptors (Lipinski definition) is 4. The number of fused-ring (bicyclic) bond motifs is 3. The van der Waals surface area contributed by atoms with E-state index in [1.807, 2.05) is 13.1 Å². The summed E-state index contributed by atoms with van der Waals surface area (Å²) in [7, 11) is 1.92. The van der Waals surface area contributed by atoms with Crippen LogP contribution in [-0.4, -0.2) is 13.3 Å². The zero-order valence-electron chi connectivity index (χ0n) is 8.61. The summed E-state index contributed by atoms with van der Waals surface area (Å²) in [5.74, 6) is 0. The average Bonchev–Trinajstić information content (AvgIpc) is 2.84. The molecule has 2 aromatic heterocycles. The summed E-state index contributed by atoms with van der Waals surface area (Å²) in [6.07, 6.45) is 0.922. The lowest BCUT2D eigenvalue weighted by Crippen LogP contribution is -1.85. The molecule has 1 N–H and O–H groups in total. The third-order valence-electron chi connectivity index (χ3n) is 2.57. The van der Waals surface area contributed by atoms with Gasteiger partial charge in [0.25, 0.3) is 0 Å². The van der Waals surface area contributed by atoms with E-state index in [1.165, 1.54) is 19.5 Å². The van der Waals surface area contributed by atoms with Crippen molar-refractivity contribution < 1.29 is 4.79 Å². The van der Waals surface area contributed by atoms with Crippen molar-refractivity contribution in [3.05, 3.63) is 29.1 Å². The minimum atomic E-state index is 0.806. The lowest BCUT2D eigenvalue weighted by molar-refractivity contribution is 0.112. The van der Waals surface area contributed by atoms with Crippen LogP contribution in [0.3, 0.4) is 0 Å². The Hall–Kier alpha value is -1.39. The van der Waals surface area contributed by atoms with E-state index < -0.39 is 0 Å². The van der Waals surface area contributed by atoms with Gasteiger partial charge in [-0.1, -0.05) is 6.07 Å². The van der Waals surface area contributed by atoms with E-state index in [-0.39, 0.29) is 0 Å². The topological polar surface area (TPSA) is 29.1 Å². The average molecular weight is 247 g/mol. The molecule has 0 bridgehead atoms. The largest absolute Gasteiger partial charge is 0.388 e. The highest BCUT2D eigenvalue weighted by Gasteiger charge is 2.09. The first-order valence-electron chi connectivity index (χ1n) is 4.91. The van der Waals surface area contributed by atoms with Crippen LogP contribution in [-0.2, 0) is 0 Å². The maximum absolute atomic E-state index is 10.7. The first-order chi connectivity index (χ1) is 7.81. The van der Waals surface area contributed by atoms with E-state index in [1.54, 1.807) is 22.7 Å². The molecule has 0 unspecified atom stereocenters. The monoisotopic (exact) mass is 247 g/mol. The highest BCUT2D eigenvalue weighted by atomic mass is 32.1. The fourth-order valence-corrected chi connectivity index (χ4v) is 4.17. The summed E-state index contributed by atoms with van der Waals surface area (Å²) >= 11 is 3.31. The van der Waals surface area contributed by atoms with E-state index >= 15 is 0 Å². The molecule has 0 saturated heterocycles. The second kappa shape index (κ2) is 3.57. The number of aldehydes is 1. The van der Waals surface area contributed by atoms with Crippen LogP contribution in [0.25, 0.3) is 19.5 Å². The predicted molar refractivity (Wildman–Crippen MR) is 72.1 cm³/mol. The van der Waals surface area contributed by atoms with Crippen LogP contribution in [0.5, 0.6) is 0 Å². The van der Waals surface area contributed by atoms with E-state index in [0.717, 1.165) is 16.9 Å². The lowest BCUT2D eigenvalue weighted by Gasteiger charge is -1.98. The second-order valence-corrected chi connectivity index (χ2v) is 5.69. The van der Waals surface area contributed by atoms with Crippen molar-refractivity contribution in [1.82, 2.24) is 0 Å². The van der Waals surface area contributed by atoms with Crippen molar-refractivity contribution >= 4 is 54.1 Å². The predicted octanol–water partition coefficient (Wildman–Crippen LogP) is 3.97. The molecule has 3 aromatic rings. The number of thiophene rings is 2. The van der Waals surface area contributed by atoms with Gasteiger partial charge in [-0.25, -0.2) is 0 Å². The minimum absolute atomic E-state index is 0.806. The molecule has 0 atom stereocenters. The van der Waals surface area contributed by atoms with Gasteiger partial charge in [-0.3, -0.25) is 4.79 Å². The van der Waals surface area contributed by atoms with Gasteiger partial charge in [-0.2, -0.15) is 0 Å². The van der Waals surface area contributed by atoms with Crippen LogP contribution in [0.1, 0.15) is 9.67 Å². The van der Waals surface area contributed by atoms with Gasteiger partial charge in [0, 0.05) is 27.5 Å². The Labute approximate surface area is 101 Å². The molecule has 4 heteroatoms. The molecule has 3 rings (SSSR count). The fourth-order valence-electron chi connectivity index (χ4n) is 1.78. The number of carbonyl (C=O) groups excluding carboxylic acids is 1. The number of anilines is 1. The maximum atomic E-state index is 10.7. The quantitative estimate of drug-likeness (QED) is 0.694. The Bertz CT molecular complexity index is 681. The van der Waals surface area contributed by atoms with Crippen LogP contribution < -0.4 is 5.32 Å². The Morgan fingerprint density at radius 3 is 2.81 bits per heavy atom. The normalized spacial score (nSPS) is 11.1. The second-order valence-electron chi connectivity index (χ2n) is 3.52. The summed E-state index contributed by atoms with van der Waals surface area (Å²) in [6, 6.07) is 8.30. The molecule has 0 radical (unpaired) electrons. The van der Waals surface area contributed by atoms with Crippen LogP contribution in [0.4, 0.5) is 5.69 Å². The molecule has 2 heterocycles. The van der Waals surface area contributed by atoms with Crippen molar-refractivity contribution in [2.24, 2.45) is 0 Å². The van der Waals surface area contributed by atoms with Crippen LogP contribution in [0, 0.1) is 0 Å². The number of rotatable bonds is 2. The molecule has 0 amide bonds. The van der Waals surface area contributed by atoms with Crippen LogP contribution >= 0.6 is 22.7 Å². The van der Waals surface area contributed by atoms with Crippen molar-refractivity contribution in [1.29, 1.82) is 0 Å². The highest BCUT2D eigenvalue weighted by molar-refractivity contribution is 7.33. The minimum Gasteiger partial charge on any atom is -0.388 e. The molecule has 1 aromatic carbocycles. The van der Waals surface area contributed by atoms with Crippen molar-refractivity contribution in [2.45, 2.75) is 0 Å². The summed E-state index contributed by atoms with van der Waals surface area (Å²) in [5, 5.41) is 4.38. The maximum Gasteiger partial charge on any atom is 0.160 e. The fraction of sp³-hybridized carbons (Fsp3) is 0.0833. The number of nitrogens with one attached hydrogen (secondary N) is 1. The third kappa shape index (κ3) is 1.34. The van der Waals surface area contributed by atoms with Gasteiger partial charge in [0.05, 0.1) is 9.58 Å². The Morgan fingerprint density at radius 1 is 1.19 bits per heavy atom. The first-order valence-corrected chi connectivity index (χ1v) is 6.54. The summed E-state index contributed by atoms with van der Waals surface area (Å²) < 4.78 is 3.70.